The molecule has 2 aromatic rings. The van der Waals surface area contributed by atoms with Crippen LogP contribution >= 0.6 is 0 Å². The third-order valence-electron chi connectivity index (χ3n) is 5.77. The number of rotatable bonds is 7. The SMILES string of the molecule is C[C@@H](C(=O)OCCCc1nc(-c2cccnc2)no1)N1C(=O)C2CCCCC2C1=O. The largest absolute Gasteiger partial charge is 0.464 e. The van der Waals surface area contributed by atoms with Gasteiger partial charge in [0.15, 0.2) is 0 Å². The fourth-order valence-corrected chi connectivity index (χ4v) is 4.16. The normalized spacial score (nSPS) is 22.1. The van der Waals surface area contributed by atoms with Crippen LogP contribution in [0.1, 0.15) is 44.9 Å². The predicted octanol–water partition coefficient (Wildman–Crippen LogP) is 2.17. The Bertz CT molecular complexity index is 904. The first kappa shape index (κ1) is 20.2. The second kappa shape index (κ2) is 8.73. The molecule has 2 amide bonds. The van der Waals surface area contributed by atoms with Gasteiger partial charge in [0.1, 0.15) is 6.04 Å². The zero-order chi connectivity index (χ0) is 21.1. The number of fused-ring (bicyclic) bond motifs is 1. The molecule has 2 unspecified atom stereocenters. The van der Waals surface area contributed by atoms with Crippen LogP contribution in [0.5, 0.6) is 0 Å². The maximum atomic E-state index is 12.6. The fourth-order valence-electron chi connectivity index (χ4n) is 4.16. The minimum absolute atomic E-state index is 0.136. The lowest BCUT2D eigenvalue weighted by atomic mass is 9.81. The van der Waals surface area contributed by atoms with Gasteiger partial charge < -0.3 is 9.26 Å². The number of nitrogens with zero attached hydrogens (tertiary/aromatic N) is 4. The molecule has 0 radical (unpaired) electrons. The first-order chi connectivity index (χ1) is 14.6. The average molecular weight is 412 g/mol. The molecule has 1 aliphatic carbocycles. The van der Waals surface area contributed by atoms with Crippen molar-refractivity contribution in [2.75, 3.05) is 6.61 Å². The van der Waals surface area contributed by atoms with Crippen LogP contribution in [0.2, 0.25) is 0 Å². The van der Waals surface area contributed by atoms with E-state index in [1.807, 2.05) is 6.07 Å². The number of hydrogen-bond donors (Lipinski definition) is 0. The highest BCUT2D eigenvalue weighted by molar-refractivity contribution is 6.07. The molecule has 30 heavy (non-hydrogen) atoms. The number of ether oxygens (including phenoxy) is 1. The maximum Gasteiger partial charge on any atom is 0.329 e. The minimum atomic E-state index is -0.906. The van der Waals surface area contributed by atoms with Gasteiger partial charge >= 0.3 is 5.97 Å². The Labute approximate surface area is 173 Å². The number of amides is 2. The van der Waals surface area contributed by atoms with E-state index in [4.69, 9.17) is 9.26 Å². The fraction of sp³-hybridized carbons (Fsp3) is 0.524. The molecule has 2 aromatic heterocycles. The van der Waals surface area contributed by atoms with Crippen LogP contribution in [0.25, 0.3) is 11.4 Å². The van der Waals surface area contributed by atoms with Gasteiger partial charge in [0.05, 0.1) is 18.4 Å². The molecule has 1 aliphatic heterocycles. The van der Waals surface area contributed by atoms with Crippen LogP contribution in [0.3, 0.4) is 0 Å². The highest BCUT2D eigenvalue weighted by Gasteiger charge is 2.51. The highest BCUT2D eigenvalue weighted by Crippen LogP contribution is 2.38. The molecule has 158 valence electrons. The summed E-state index contributed by atoms with van der Waals surface area (Å²) in [7, 11) is 0. The number of carbonyl (C=O) groups is 3. The summed E-state index contributed by atoms with van der Waals surface area (Å²) in [4.78, 5) is 47.0. The van der Waals surface area contributed by atoms with Crippen LogP contribution in [0.15, 0.2) is 29.0 Å². The number of imide groups is 1. The van der Waals surface area contributed by atoms with E-state index in [-0.39, 0.29) is 30.3 Å². The van der Waals surface area contributed by atoms with Gasteiger partial charge in [-0.15, -0.1) is 0 Å². The van der Waals surface area contributed by atoms with Gasteiger partial charge in [-0.05, 0) is 38.3 Å². The minimum Gasteiger partial charge on any atom is -0.464 e. The van der Waals surface area contributed by atoms with Gasteiger partial charge in [-0.1, -0.05) is 18.0 Å². The van der Waals surface area contributed by atoms with Crippen LogP contribution in [0, 0.1) is 11.8 Å². The second-order valence-electron chi connectivity index (χ2n) is 7.74. The molecule has 0 aromatic carbocycles. The first-order valence-corrected chi connectivity index (χ1v) is 10.3. The van der Waals surface area contributed by atoms with Crippen molar-refractivity contribution < 1.29 is 23.6 Å². The summed E-state index contributed by atoms with van der Waals surface area (Å²) in [6.45, 7) is 1.69. The lowest BCUT2D eigenvalue weighted by Crippen LogP contribution is -2.44. The van der Waals surface area contributed by atoms with Crippen molar-refractivity contribution in [3.8, 4) is 11.4 Å². The smallest absolute Gasteiger partial charge is 0.329 e. The number of aryl methyl sites for hydroxylation is 1. The Kier molecular flexibility index (Phi) is 5.87. The van der Waals surface area contributed by atoms with E-state index in [1.54, 1.807) is 25.4 Å². The Morgan fingerprint density at radius 1 is 1.27 bits per heavy atom. The van der Waals surface area contributed by atoms with E-state index in [2.05, 4.69) is 15.1 Å². The van der Waals surface area contributed by atoms with Crippen molar-refractivity contribution in [3.63, 3.8) is 0 Å². The summed E-state index contributed by atoms with van der Waals surface area (Å²) in [5.41, 5.74) is 0.758. The Hall–Kier alpha value is -3.10. The van der Waals surface area contributed by atoms with Crippen LogP contribution in [0.4, 0.5) is 0 Å². The summed E-state index contributed by atoms with van der Waals surface area (Å²) < 4.78 is 10.5. The maximum absolute atomic E-state index is 12.6. The molecule has 0 bridgehead atoms. The van der Waals surface area contributed by atoms with Crippen molar-refractivity contribution in [1.29, 1.82) is 0 Å². The summed E-state index contributed by atoms with van der Waals surface area (Å²) in [5.74, 6) is -0.688. The van der Waals surface area contributed by atoms with Crippen molar-refractivity contribution in [1.82, 2.24) is 20.0 Å². The summed E-state index contributed by atoms with van der Waals surface area (Å²) >= 11 is 0. The molecule has 2 aliphatic rings. The van der Waals surface area contributed by atoms with Gasteiger partial charge in [-0.2, -0.15) is 4.98 Å². The number of esters is 1. The van der Waals surface area contributed by atoms with Gasteiger partial charge in [0, 0.05) is 24.4 Å². The number of hydrogen-bond acceptors (Lipinski definition) is 8. The zero-order valence-electron chi connectivity index (χ0n) is 16.8. The number of carbonyl (C=O) groups excluding carboxylic acids is 3. The Morgan fingerprint density at radius 3 is 2.67 bits per heavy atom. The molecule has 3 heterocycles. The monoisotopic (exact) mass is 412 g/mol. The lowest BCUT2D eigenvalue weighted by molar-refractivity contribution is -0.158. The third-order valence-corrected chi connectivity index (χ3v) is 5.77. The molecular formula is C21H24N4O5. The van der Waals surface area contributed by atoms with Crippen LogP contribution < -0.4 is 0 Å². The van der Waals surface area contributed by atoms with Gasteiger partial charge in [-0.25, -0.2) is 4.79 Å². The molecule has 9 nitrogen and oxygen atoms in total. The van der Waals surface area contributed by atoms with Crippen molar-refractivity contribution in [3.05, 3.63) is 30.4 Å². The molecule has 3 atom stereocenters. The van der Waals surface area contributed by atoms with E-state index < -0.39 is 12.0 Å². The topological polar surface area (TPSA) is 115 Å². The Balaban J connectivity index is 1.25. The molecule has 4 rings (SSSR count). The van der Waals surface area contributed by atoms with E-state index >= 15 is 0 Å². The molecule has 1 saturated carbocycles. The van der Waals surface area contributed by atoms with E-state index in [1.165, 1.54) is 0 Å². The predicted molar refractivity (Wildman–Crippen MR) is 104 cm³/mol. The molecular weight excluding hydrogens is 388 g/mol. The first-order valence-electron chi connectivity index (χ1n) is 10.3. The average Bonchev–Trinajstić information content (AvgIpc) is 3.35. The van der Waals surface area contributed by atoms with Crippen LogP contribution in [-0.4, -0.2) is 50.5 Å². The van der Waals surface area contributed by atoms with Crippen molar-refractivity contribution in [2.45, 2.75) is 51.5 Å². The van der Waals surface area contributed by atoms with Crippen molar-refractivity contribution in [2.24, 2.45) is 11.8 Å². The summed E-state index contributed by atoms with van der Waals surface area (Å²) in [6.07, 6.45) is 7.58. The summed E-state index contributed by atoms with van der Waals surface area (Å²) in [5, 5.41) is 3.92. The third kappa shape index (κ3) is 3.96. The lowest BCUT2D eigenvalue weighted by Gasteiger charge is -2.21. The van der Waals surface area contributed by atoms with Gasteiger partial charge in [0.25, 0.3) is 0 Å². The van der Waals surface area contributed by atoms with E-state index in [9.17, 15) is 14.4 Å². The number of aromatic nitrogens is 3. The summed E-state index contributed by atoms with van der Waals surface area (Å²) in [6, 6.07) is 2.72. The number of likely N-dealkylation sites (tertiary alicyclic amines) is 1. The highest BCUT2D eigenvalue weighted by atomic mass is 16.5. The standard InChI is InChI=1S/C21H24N4O5/c1-13(25-19(26)15-7-2-3-8-16(15)20(25)27)21(28)29-11-5-9-17-23-18(24-30-17)14-6-4-10-22-12-14/h4,6,10,12-13,15-16H,2-3,5,7-9,11H2,1H3/t13-,15?,16?/m0/s1. The molecule has 9 heteroatoms. The molecule has 1 saturated heterocycles. The van der Waals surface area contributed by atoms with E-state index in [0.29, 0.717) is 24.6 Å². The van der Waals surface area contributed by atoms with Crippen molar-refractivity contribution >= 4 is 17.8 Å². The molecule has 0 N–H and O–H groups in total. The second-order valence-corrected chi connectivity index (χ2v) is 7.74. The Morgan fingerprint density at radius 2 is 2.00 bits per heavy atom. The zero-order valence-corrected chi connectivity index (χ0v) is 16.8. The van der Waals surface area contributed by atoms with E-state index in [0.717, 1.165) is 36.1 Å². The molecule has 0 spiro atoms. The van der Waals surface area contributed by atoms with Gasteiger partial charge in [-0.3, -0.25) is 19.5 Å². The molecule has 2 fully saturated rings. The number of pyridine rings is 1. The van der Waals surface area contributed by atoms with Gasteiger partial charge in [0.2, 0.25) is 23.5 Å². The quantitative estimate of drug-likeness (QED) is 0.386. The van der Waals surface area contributed by atoms with Crippen LogP contribution in [-0.2, 0) is 25.5 Å².